The van der Waals surface area contributed by atoms with E-state index in [-0.39, 0.29) is 5.54 Å². The van der Waals surface area contributed by atoms with E-state index in [9.17, 15) is 0 Å². The van der Waals surface area contributed by atoms with Crippen molar-refractivity contribution in [1.29, 1.82) is 0 Å². The molecule has 7 heteroatoms. The molecule has 140 valence electrons. The minimum absolute atomic E-state index is 0.0359. The van der Waals surface area contributed by atoms with E-state index in [1.807, 2.05) is 18.2 Å². The molecule has 0 unspecified atom stereocenters. The number of aromatic nitrogens is 1. The van der Waals surface area contributed by atoms with Crippen LogP contribution in [-0.2, 0) is 11.3 Å². The van der Waals surface area contributed by atoms with Gasteiger partial charge in [-0.15, -0.1) is 0 Å². The molecule has 1 aliphatic heterocycles. The minimum Gasteiger partial charge on any atom is -0.481 e. The summed E-state index contributed by atoms with van der Waals surface area (Å²) in [5.41, 5.74) is 0.915. The molecule has 1 saturated heterocycles. The number of rotatable bonds is 7. The summed E-state index contributed by atoms with van der Waals surface area (Å²) in [5, 5.41) is 6.75. The van der Waals surface area contributed by atoms with Crippen LogP contribution >= 0.6 is 0 Å². The van der Waals surface area contributed by atoms with Gasteiger partial charge in [0.25, 0.3) is 0 Å². The highest BCUT2D eigenvalue weighted by molar-refractivity contribution is 5.79. The van der Waals surface area contributed by atoms with Crippen molar-refractivity contribution in [2.45, 2.75) is 32.9 Å². The van der Waals surface area contributed by atoms with E-state index < -0.39 is 0 Å². The second-order valence-corrected chi connectivity index (χ2v) is 6.63. The molecule has 2 rings (SSSR count). The van der Waals surface area contributed by atoms with E-state index in [1.165, 1.54) is 0 Å². The van der Waals surface area contributed by atoms with E-state index in [2.05, 4.69) is 46.3 Å². The summed E-state index contributed by atoms with van der Waals surface area (Å²) in [7, 11) is 1.62. The molecule has 2 heterocycles. The Morgan fingerprint density at radius 1 is 1.32 bits per heavy atom. The van der Waals surface area contributed by atoms with Gasteiger partial charge in [0, 0.05) is 37.8 Å². The van der Waals surface area contributed by atoms with E-state index in [0.29, 0.717) is 12.4 Å². The molecule has 0 amide bonds. The maximum atomic E-state index is 5.45. The number of morpholine rings is 1. The third-order valence-electron chi connectivity index (χ3n) is 4.29. The second kappa shape index (κ2) is 9.58. The first-order valence-corrected chi connectivity index (χ1v) is 8.90. The molecule has 0 spiro atoms. The number of nitrogens with zero attached hydrogens (tertiary/aromatic N) is 3. The predicted molar refractivity (Wildman–Crippen MR) is 100 cm³/mol. The average Bonchev–Trinajstić information content (AvgIpc) is 2.65. The lowest BCUT2D eigenvalue weighted by atomic mass is 10.0. The zero-order valence-corrected chi connectivity index (χ0v) is 15.8. The van der Waals surface area contributed by atoms with Gasteiger partial charge in [-0.3, -0.25) is 4.90 Å². The Labute approximate surface area is 150 Å². The number of aliphatic imine (C=N–C) groups is 1. The van der Waals surface area contributed by atoms with Gasteiger partial charge < -0.3 is 20.1 Å². The fourth-order valence-corrected chi connectivity index (χ4v) is 2.74. The Kier molecular flexibility index (Phi) is 7.46. The second-order valence-electron chi connectivity index (χ2n) is 6.63. The molecule has 1 aromatic heterocycles. The minimum atomic E-state index is 0.0359. The molecule has 0 radical (unpaired) electrons. The Balaban J connectivity index is 1.94. The van der Waals surface area contributed by atoms with Crippen LogP contribution in [0.4, 0.5) is 0 Å². The van der Waals surface area contributed by atoms with E-state index >= 15 is 0 Å². The van der Waals surface area contributed by atoms with Gasteiger partial charge >= 0.3 is 0 Å². The van der Waals surface area contributed by atoms with Crippen molar-refractivity contribution in [1.82, 2.24) is 20.5 Å². The molecule has 0 saturated carbocycles. The summed E-state index contributed by atoms with van der Waals surface area (Å²) >= 11 is 0. The van der Waals surface area contributed by atoms with Crippen LogP contribution in [0.25, 0.3) is 0 Å². The van der Waals surface area contributed by atoms with Crippen LogP contribution < -0.4 is 15.4 Å². The Bertz CT molecular complexity index is 556. The first kappa shape index (κ1) is 19.5. The molecule has 25 heavy (non-hydrogen) atoms. The van der Waals surface area contributed by atoms with Crippen molar-refractivity contribution in [2.24, 2.45) is 4.99 Å². The average molecular weight is 349 g/mol. The summed E-state index contributed by atoms with van der Waals surface area (Å²) in [5.74, 6) is 1.41. The lowest BCUT2D eigenvalue weighted by Crippen LogP contribution is -2.56. The molecular weight excluding hydrogens is 318 g/mol. The lowest BCUT2D eigenvalue weighted by molar-refractivity contribution is -0.00834. The van der Waals surface area contributed by atoms with Gasteiger partial charge in [-0.1, -0.05) is 6.07 Å². The summed E-state index contributed by atoms with van der Waals surface area (Å²) in [4.78, 5) is 11.5. The number of hydrogen-bond donors (Lipinski definition) is 2. The predicted octanol–water partition coefficient (Wildman–Crippen LogP) is 1.26. The number of pyridine rings is 1. The lowest BCUT2D eigenvalue weighted by Gasteiger charge is -2.41. The Hall–Kier alpha value is -1.86. The van der Waals surface area contributed by atoms with Crippen molar-refractivity contribution in [3.05, 3.63) is 23.9 Å². The van der Waals surface area contributed by atoms with E-state index in [4.69, 9.17) is 9.47 Å². The molecule has 0 aromatic carbocycles. The fourth-order valence-electron chi connectivity index (χ4n) is 2.74. The van der Waals surface area contributed by atoms with Crippen LogP contribution in [-0.4, -0.2) is 67.9 Å². The Morgan fingerprint density at radius 3 is 2.76 bits per heavy atom. The van der Waals surface area contributed by atoms with Gasteiger partial charge in [0.1, 0.15) is 0 Å². The van der Waals surface area contributed by atoms with Crippen LogP contribution in [0.5, 0.6) is 5.88 Å². The highest BCUT2D eigenvalue weighted by Crippen LogP contribution is 2.15. The third kappa shape index (κ3) is 6.17. The van der Waals surface area contributed by atoms with Crippen molar-refractivity contribution >= 4 is 5.96 Å². The fraction of sp³-hybridized carbons (Fsp3) is 0.667. The monoisotopic (exact) mass is 349 g/mol. The highest BCUT2D eigenvalue weighted by Gasteiger charge is 2.28. The van der Waals surface area contributed by atoms with Gasteiger partial charge in [0.2, 0.25) is 5.88 Å². The SMILES string of the molecule is CCNC(=NCc1cccc(OC)n1)NCC(C)(C)N1CCOCC1. The molecule has 0 bridgehead atoms. The quantitative estimate of drug-likeness (QED) is 0.570. The molecule has 2 N–H and O–H groups in total. The molecule has 0 atom stereocenters. The number of guanidine groups is 1. The summed E-state index contributed by atoms with van der Waals surface area (Å²) in [6, 6.07) is 5.72. The summed E-state index contributed by atoms with van der Waals surface area (Å²) in [6.45, 7) is 12.2. The summed E-state index contributed by atoms with van der Waals surface area (Å²) < 4.78 is 10.6. The molecule has 0 aliphatic carbocycles. The largest absolute Gasteiger partial charge is 0.481 e. The van der Waals surface area contributed by atoms with Crippen molar-refractivity contribution in [3.8, 4) is 5.88 Å². The zero-order chi connectivity index (χ0) is 18.1. The van der Waals surface area contributed by atoms with Crippen molar-refractivity contribution < 1.29 is 9.47 Å². The van der Waals surface area contributed by atoms with Crippen LogP contribution in [0.3, 0.4) is 0 Å². The van der Waals surface area contributed by atoms with E-state index in [1.54, 1.807) is 7.11 Å². The third-order valence-corrected chi connectivity index (χ3v) is 4.29. The number of nitrogens with one attached hydrogen (secondary N) is 2. The van der Waals surface area contributed by atoms with Crippen LogP contribution in [0, 0.1) is 0 Å². The first-order chi connectivity index (χ1) is 12.0. The molecule has 7 nitrogen and oxygen atoms in total. The van der Waals surface area contributed by atoms with Gasteiger partial charge in [-0.2, -0.15) is 0 Å². The maximum Gasteiger partial charge on any atom is 0.213 e. The normalized spacial score (nSPS) is 16.6. The van der Waals surface area contributed by atoms with Gasteiger partial charge in [-0.25, -0.2) is 9.98 Å². The van der Waals surface area contributed by atoms with Crippen LogP contribution in [0.15, 0.2) is 23.2 Å². The number of hydrogen-bond acceptors (Lipinski definition) is 5. The number of methoxy groups -OCH3 is 1. The van der Waals surface area contributed by atoms with Crippen molar-refractivity contribution in [2.75, 3.05) is 46.5 Å². The van der Waals surface area contributed by atoms with Gasteiger partial charge in [0.15, 0.2) is 5.96 Å². The Morgan fingerprint density at radius 2 is 2.08 bits per heavy atom. The standard InChI is InChI=1S/C18H31N5O2/c1-5-19-17(20-13-15-7-6-8-16(22-15)24-4)21-14-18(2,3)23-9-11-25-12-10-23/h6-8H,5,9-14H2,1-4H3,(H2,19,20,21). The van der Waals surface area contributed by atoms with Gasteiger partial charge in [0.05, 0.1) is 32.6 Å². The maximum absolute atomic E-state index is 5.45. The molecular formula is C18H31N5O2. The molecule has 1 aliphatic rings. The van der Waals surface area contributed by atoms with Crippen LogP contribution in [0.2, 0.25) is 0 Å². The van der Waals surface area contributed by atoms with Gasteiger partial charge in [-0.05, 0) is 26.8 Å². The topological polar surface area (TPSA) is 71.0 Å². The number of ether oxygens (including phenoxy) is 2. The smallest absolute Gasteiger partial charge is 0.213 e. The molecule has 1 aromatic rings. The first-order valence-electron chi connectivity index (χ1n) is 8.90. The zero-order valence-electron chi connectivity index (χ0n) is 15.8. The van der Waals surface area contributed by atoms with E-state index in [0.717, 1.165) is 51.0 Å². The summed E-state index contributed by atoms with van der Waals surface area (Å²) in [6.07, 6.45) is 0. The van der Waals surface area contributed by atoms with Crippen LogP contribution in [0.1, 0.15) is 26.5 Å². The highest BCUT2D eigenvalue weighted by atomic mass is 16.5. The van der Waals surface area contributed by atoms with Crippen molar-refractivity contribution in [3.63, 3.8) is 0 Å². The molecule has 1 fully saturated rings.